The SMILES string of the molecule is CCC(NC(=O)c1cccc2cc3c(Cl)cccc3nc12)C(N)C(CC)NC(=O)c1cccc2cc3c(Cl)cccc3nc12. The molecular weight excluding hydrogens is 593 g/mol. The first-order chi connectivity index (χ1) is 21.3. The number of halogens is 2. The second-order valence-corrected chi connectivity index (χ2v) is 11.7. The van der Waals surface area contributed by atoms with Gasteiger partial charge in [-0.3, -0.25) is 9.59 Å². The van der Waals surface area contributed by atoms with E-state index in [-0.39, 0.29) is 11.8 Å². The summed E-state index contributed by atoms with van der Waals surface area (Å²) in [4.78, 5) is 36.8. The molecule has 44 heavy (non-hydrogen) atoms. The van der Waals surface area contributed by atoms with Gasteiger partial charge in [0.2, 0.25) is 0 Å². The minimum absolute atomic E-state index is 0.281. The van der Waals surface area contributed by atoms with Crippen LogP contribution in [-0.2, 0) is 0 Å². The van der Waals surface area contributed by atoms with Gasteiger partial charge in [-0.2, -0.15) is 0 Å². The Morgan fingerprint density at radius 2 is 1.09 bits per heavy atom. The van der Waals surface area contributed by atoms with E-state index in [4.69, 9.17) is 38.9 Å². The van der Waals surface area contributed by atoms with Crippen molar-refractivity contribution >= 4 is 78.6 Å². The third-order valence-corrected chi connectivity index (χ3v) is 8.85. The number of hydrogen-bond donors (Lipinski definition) is 3. The molecule has 7 nitrogen and oxygen atoms in total. The summed E-state index contributed by atoms with van der Waals surface area (Å²) in [7, 11) is 0. The van der Waals surface area contributed by atoms with Crippen molar-refractivity contribution in [3.8, 4) is 0 Å². The lowest BCUT2D eigenvalue weighted by Gasteiger charge is -2.31. The molecule has 0 fully saturated rings. The monoisotopic (exact) mass is 623 g/mol. The van der Waals surface area contributed by atoms with Crippen LogP contribution in [0.2, 0.25) is 10.0 Å². The van der Waals surface area contributed by atoms with Gasteiger partial charge in [-0.1, -0.05) is 73.4 Å². The summed E-state index contributed by atoms with van der Waals surface area (Å²) in [5.74, 6) is -0.562. The molecule has 2 atom stereocenters. The topological polar surface area (TPSA) is 110 Å². The van der Waals surface area contributed by atoms with E-state index in [9.17, 15) is 9.59 Å². The fourth-order valence-electron chi connectivity index (χ4n) is 5.77. The Morgan fingerprint density at radius 1 is 0.682 bits per heavy atom. The van der Waals surface area contributed by atoms with Gasteiger partial charge in [-0.05, 0) is 61.4 Å². The van der Waals surface area contributed by atoms with Crippen molar-refractivity contribution < 1.29 is 9.59 Å². The first kappa shape index (κ1) is 29.8. The van der Waals surface area contributed by atoms with Crippen LogP contribution in [0.1, 0.15) is 47.4 Å². The summed E-state index contributed by atoms with van der Waals surface area (Å²) in [5.41, 5.74) is 10.2. The summed E-state index contributed by atoms with van der Waals surface area (Å²) in [6, 6.07) is 24.6. The smallest absolute Gasteiger partial charge is 0.253 e. The third-order valence-electron chi connectivity index (χ3n) is 8.19. The van der Waals surface area contributed by atoms with E-state index in [1.165, 1.54) is 0 Å². The highest BCUT2D eigenvalue weighted by molar-refractivity contribution is 6.36. The second-order valence-electron chi connectivity index (χ2n) is 10.9. The number of nitrogens with zero attached hydrogens (tertiary/aromatic N) is 2. The van der Waals surface area contributed by atoms with Crippen molar-refractivity contribution in [1.82, 2.24) is 20.6 Å². The summed E-state index contributed by atoms with van der Waals surface area (Å²) in [6.45, 7) is 3.92. The zero-order chi connectivity index (χ0) is 31.0. The number of fused-ring (bicyclic) bond motifs is 4. The quantitative estimate of drug-likeness (QED) is 0.153. The summed E-state index contributed by atoms with van der Waals surface area (Å²) < 4.78 is 0. The molecule has 2 heterocycles. The number of carbonyl (C=O) groups excluding carboxylic acids is 2. The standard InChI is InChI=1S/C35H31Cl2N5O2/c1-3-27(41-34(43)21-11-5-9-19-17-23-25(36)13-7-15-29(23)39-32(19)21)31(38)28(4-2)42-35(44)22-12-6-10-20-18-24-26(37)14-8-16-30(24)40-33(20)22/h5-18,27-28,31H,3-4,38H2,1-2H3,(H,41,43)(H,42,44). The summed E-state index contributed by atoms with van der Waals surface area (Å²) >= 11 is 12.8. The zero-order valence-corrected chi connectivity index (χ0v) is 25.8. The Labute approximate surface area is 264 Å². The first-order valence-electron chi connectivity index (χ1n) is 14.6. The molecule has 4 N–H and O–H groups in total. The van der Waals surface area contributed by atoms with Crippen molar-refractivity contribution in [3.05, 3.63) is 106 Å². The van der Waals surface area contributed by atoms with Gasteiger partial charge in [-0.15, -0.1) is 0 Å². The molecule has 0 bridgehead atoms. The summed E-state index contributed by atoms with van der Waals surface area (Å²) in [6.07, 6.45) is 1.14. The predicted molar refractivity (Wildman–Crippen MR) is 180 cm³/mol. The Kier molecular flexibility index (Phi) is 8.36. The van der Waals surface area contributed by atoms with Crippen molar-refractivity contribution in [2.45, 2.75) is 44.8 Å². The normalized spacial score (nSPS) is 13.7. The Balaban J connectivity index is 1.24. The number of aromatic nitrogens is 2. The molecule has 222 valence electrons. The Bertz CT molecular complexity index is 1920. The molecule has 0 saturated heterocycles. The van der Waals surface area contributed by atoms with Crippen LogP contribution in [0.3, 0.4) is 0 Å². The highest BCUT2D eigenvalue weighted by Crippen LogP contribution is 2.29. The number of nitrogens with two attached hydrogens (primary N) is 1. The molecule has 0 saturated carbocycles. The van der Waals surface area contributed by atoms with Crippen LogP contribution < -0.4 is 16.4 Å². The van der Waals surface area contributed by atoms with Crippen LogP contribution in [0.4, 0.5) is 0 Å². The molecule has 0 aliphatic heterocycles. The fraction of sp³-hybridized carbons (Fsp3) is 0.200. The molecule has 2 unspecified atom stereocenters. The molecule has 9 heteroatoms. The van der Waals surface area contributed by atoms with Gasteiger partial charge in [0.25, 0.3) is 11.8 Å². The van der Waals surface area contributed by atoms with Crippen LogP contribution in [0.5, 0.6) is 0 Å². The molecule has 2 aromatic heterocycles. The predicted octanol–water partition coefficient (Wildman–Crippen LogP) is 7.44. The molecule has 6 rings (SSSR count). The number of carbonyl (C=O) groups is 2. The maximum Gasteiger partial charge on any atom is 0.253 e. The van der Waals surface area contributed by atoms with Crippen LogP contribution in [0, 0.1) is 0 Å². The van der Waals surface area contributed by atoms with E-state index in [1.54, 1.807) is 12.1 Å². The molecule has 0 spiro atoms. The average Bonchev–Trinajstić information content (AvgIpc) is 3.04. The fourth-order valence-corrected chi connectivity index (χ4v) is 6.22. The zero-order valence-electron chi connectivity index (χ0n) is 24.3. The number of pyridine rings is 2. The largest absolute Gasteiger partial charge is 0.348 e. The third kappa shape index (κ3) is 5.54. The van der Waals surface area contributed by atoms with E-state index in [2.05, 4.69) is 10.6 Å². The van der Waals surface area contributed by atoms with E-state index in [0.717, 1.165) is 21.5 Å². The lowest BCUT2D eigenvalue weighted by Crippen LogP contribution is -2.58. The number of amides is 2. The lowest BCUT2D eigenvalue weighted by molar-refractivity contribution is 0.0909. The highest BCUT2D eigenvalue weighted by atomic mass is 35.5. The minimum Gasteiger partial charge on any atom is -0.348 e. The van der Waals surface area contributed by atoms with Gasteiger partial charge in [0, 0.05) is 49.7 Å². The van der Waals surface area contributed by atoms with Crippen LogP contribution >= 0.6 is 23.2 Å². The maximum atomic E-state index is 13.6. The first-order valence-corrected chi connectivity index (χ1v) is 15.4. The highest BCUT2D eigenvalue weighted by Gasteiger charge is 2.28. The molecular formula is C35H31Cl2N5O2. The van der Waals surface area contributed by atoms with Crippen molar-refractivity contribution in [2.24, 2.45) is 5.73 Å². The second kappa shape index (κ2) is 12.4. The molecule has 0 aliphatic rings. The van der Waals surface area contributed by atoms with Crippen LogP contribution in [0.15, 0.2) is 84.9 Å². The minimum atomic E-state index is -0.553. The number of benzene rings is 4. The van der Waals surface area contributed by atoms with E-state index < -0.39 is 18.1 Å². The number of rotatable bonds is 8. The average molecular weight is 625 g/mol. The lowest BCUT2D eigenvalue weighted by atomic mass is 9.95. The van der Waals surface area contributed by atoms with Crippen molar-refractivity contribution in [2.75, 3.05) is 0 Å². The van der Waals surface area contributed by atoms with Crippen molar-refractivity contribution in [1.29, 1.82) is 0 Å². The maximum absolute atomic E-state index is 13.6. The van der Waals surface area contributed by atoms with E-state index >= 15 is 0 Å². The van der Waals surface area contributed by atoms with Gasteiger partial charge in [0.05, 0.1) is 33.2 Å². The summed E-state index contributed by atoms with van der Waals surface area (Å²) in [5, 5.41) is 10.7. The number of hydrogen-bond acceptors (Lipinski definition) is 5. The molecule has 0 radical (unpaired) electrons. The Hall–Kier alpha value is -4.30. The molecule has 6 aromatic rings. The van der Waals surface area contributed by atoms with Crippen LogP contribution in [-0.4, -0.2) is 39.9 Å². The molecule has 2 amide bonds. The van der Waals surface area contributed by atoms with Gasteiger partial charge >= 0.3 is 0 Å². The van der Waals surface area contributed by atoms with Gasteiger partial charge < -0.3 is 16.4 Å². The number of para-hydroxylation sites is 2. The molecule has 0 aliphatic carbocycles. The van der Waals surface area contributed by atoms with Crippen molar-refractivity contribution in [3.63, 3.8) is 0 Å². The van der Waals surface area contributed by atoms with Gasteiger partial charge in [0.15, 0.2) is 0 Å². The molecule has 4 aromatic carbocycles. The number of nitrogens with one attached hydrogen (secondary N) is 2. The van der Waals surface area contributed by atoms with Crippen LogP contribution in [0.25, 0.3) is 43.6 Å². The van der Waals surface area contributed by atoms with Gasteiger partial charge in [0.1, 0.15) is 0 Å². The Morgan fingerprint density at radius 3 is 1.50 bits per heavy atom. The van der Waals surface area contributed by atoms with E-state index in [1.807, 2.05) is 86.6 Å². The van der Waals surface area contributed by atoms with Gasteiger partial charge in [-0.25, -0.2) is 9.97 Å². The van der Waals surface area contributed by atoms with E-state index in [0.29, 0.717) is 56.1 Å².